The molecule has 4 nitrogen and oxygen atoms in total. The van der Waals surface area contributed by atoms with Gasteiger partial charge in [0.2, 0.25) is 0 Å². The summed E-state index contributed by atoms with van der Waals surface area (Å²) in [7, 11) is 0. The third-order valence-corrected chi connectivity index (χ3v) is 4.26. The highest BCUT2D eigenvalue weighted by Crippen LogP contribution is 2.23. The Kier molecular flexibility index (Phi) is 4.15. The number of rotatable bonds is 3. The van der Waals surface area contributed by atoms with Gasteiger partial charge in [-0.3, -0.25) is 9.78 Å². The summed E-state index contributed by atoms with van der Waals surface area (Å²) in [6.07, 6.45) is 4.94. The number of benzene rings is 1. The van der Waals surface area contributed by atoms with E-state index in [1.165, 1.54) is 6.42 Å². The Hall–Kier alpha value is -1.94. The topological polar surface area (TPSA) is 59.2 Å². The number of piperidine rings is 1. The number of fused-ring (bicyclic) bond motifs is 1. The molecule has 0 spiro atoms. The first-order valence-corrected chi connectivity index (χ1v) is 7.62. The van der Waals surface area contributed by atoms with Crippen molar-refractivity contribution in [1.29, 1.82) is 0 Å². The number of likely N-dealkylation sites (tertiary alicyclic amines) is 1. The van der Waals surface area contributed by atoms with Crippen molar-refractivity contribution < 1.29 is 4.79 Å². The van der Waals surface area contributed by atoms with Gasteiger partial charge in [-0.25, -0.2) is 0 Å². The number of hydrogen-bond acceptors (Lipinski definition) is 3. The van der Waals surface area contributed by atoms with Crippen LogP contribution in [0.1, 0.15) is 29.8 Å². The maximum Gasteiger partial charge on any atom is 0.273 e. The van der Waals surface area contributed by atoms with Crippen LogP contribution in [0.3, 0.4) is 0 Å². The summed E-state index contributed by atoms with van der Waals surface area (Å²) in [5.74, 6) is 0.580. The normalized spacial score (nSPS) is 18.9. The lowest BCUT2D eigenvalue weighted by atomic mass is 9.94. The van der Waals surface area contributed by atoms with Crippen molar-refractivity contribution in [2.45, 2.75) is 19.3 Å². The molecule has 1 saturated heterocycles. The molecular formula is C17H21N3O. The molecular weight excluding hydrogens is 262 g/mol. The Morgan fingerprint density at radius 2 is 2.19 bits per heavy atom. The van der Waals surface area contributed by atoms with Crippen molar-refractivity contribution in [3.05, 3.63) is 42.2 Å². The van der Waals surface area contributed by atoms with E-state index in [1.807, 2.05) is 35.2 Å². The first kappa shape index (κ1) is 14.0. The van der Waals surface area contributed by atoms with Crippen LogP contribution in [0, 0.1) is 5.92 Å². The number of nitrogens with two attached hydrogens (primary N) is 1. The van der Waals surface area contributed by atoms with E-state index >= 15 is 0 Å². The highest BCUT2D eigenvalue weighted by Gasteiger charge is 2.25. The summed E-state index contributed by atoms with van der Waals surface area (Å²) in [5, 5.41) is 2.00. The molecule has 1 aromatic carbocycles. The molecule has 2 aromatic rings. The highest BCUT2D eigenvalue weighted by atomic mass is 16.2. The number of carbonyl (C=O) groups excluding carboxylic acids is 1. The summed E-state index contributed by atoms with van der Waals surface area (Å²) >= 11 is 0. The quantitative estimate of drug-likeness (QED) is 0.941. The van der Waals surface area contributed by atoms with Crippen LogP contribution >= 0.6 is 0 Å². The van der Waals surface area contributed by atoms with Crippen molar-refractivity contribution >= 4 is 16.7 Å². The molecule has 1 atom stereocenters. The van der Waals surface area contributed by atoms with Crippen molar-refractivity contribution in [3.63, 3.8) is 0 Å². The van der Waals surface area contributed by atoms with E-state index in [2.05, 4.69) is 4.98 Å². The largest absolute Gasteiger partial charge is 0.337 e. The Balaban J connectivity index is 1.86. The Morgan fingerprint density at radius 1 is 1.33 bits per heavy atom. The predicted octanol–water partition coefficient (Wildman–Crippen LogP) is 2.44. The van der Waals surface area contributed by atoms with E-state index in [1.54, 1.807) is 6.20 Å². The van der Waals surface area contributed by atoms with Crippen molar-refractivity contribution in [2.75, 3.05) is 19.6 Å². The standard InChI is InChI=1S/C17H21N3O/c18-9-7-13-4-3-11-20(12-13)17(21)16-15-6-2-1-5-14(15)8-10-19-16/h1-2,5-6,8,10,13H,3-4,7,9,11-12,18H2. The monoisotopic (exact) mass is 283 g/mol. The molecule has 2 heterocycles. The van der Waals surface area contributed by atoms with Gasteiger partial charge in [0.25, 0.3) is 5.91 Å². The van der Waals surface area contributed by atoms with E-state index in [0.717, 1.165) is 36.7 Å². The Labute approximate surface area is 125 Å². The first-order valence-electron chi connectivity index (χ1n) is 7.62. The summed E-state index contributed by atoms with van der Waals surface area (Å²) < 4.78 is 0. The van der Waals surface area contributed by atoms with Gasteiger partial charge in [-0.05, 0) is 43.2 Å². The second kappa shape index (κ2) is 6.22. The maximum atomic E-state index is 12.8. The van der Waals surface area contributed by atoms with Gasteiger partial charge in [0.05, 0.1) is 0 Å². The molecule has 4 heteroatoms. The number of hydrogen-bond donors (Lipinski definition) is 1. The summed E-state index contributed by atoms with van der Waals surface area (Å²) in [6, 6.07) is 9.86. The summed E-state index contributed by atoms with van der Waals surface area (Å²) in [4.78, 5) is 19.1. The molecule has 21 heavy (non-hydrogen) atoms. The molecule has 0 bridgehead atoms. The lowest BCUT2D eigenvalue weighted by molar-refractivity contribution is 0.0666. The fourth-order valence-corrected chi connectivity index (χ4v) is 3.16. The van der Waals surface area contributed by atoms with Gasteiger partial charge in [-0.2, -0.15) is 0 Å². The van der Waals surface area contributed by atoms with Crippen LogP contribution in [0.15, 0.2) is 36.5 Å². The third-order valence-electron chi connectivity index (χ3n) is 4.26. The number of nitrogens with zero attached hydrogens (tertiary/aromatic N) is 2. The Morgan fingerprint density at radius 3 is 3.05 bits per heavy atom. The van der Waals surface area contributed by atoms with E-state index in [-0.39, 0.29) is 5.91 Å². The fourth-order valence-electron chi connectivity index (χ4n) is 3.16. The highest BCUT2D eigenvalue weighted by molar-refractivity contribution is 6.05. The molecule has 1 fully saturated rings. The third kappa shape index (κ3) is 2.90. The van der Waals surface area contributed by atoms with E-state index < -0.39 is 0 Å². The van der Waals surface area contributed by atoms with E-state index in [9.17, 15) is 4.79 Å². The SMILES string of the molecule is NCCC1CCCN(C(=O)c2nccc3ccccc23)C1. The zero-order valence-corrected chi connectivity index (χ0v) is 12.2. The van der Waals surface area contributed by atoms with Crippen molar-refractivity contribution in [2.24, 2.45) is 11.7 Å². The van der Waals surface area contributed by atoms with Gasteiger partial charge < -0.3 is 10.6 Å². The second-order valence-corrected chi connectivity index (χ2v) is 5.72. The zero-order valence-electron chi connectivity index (χ0n) is 12.2. The molecule has 2 N–H and O–H groups in total. The number of carbonyl (C=O) groups is 1. The predicted molar refractivity (Wildman–Crippen MR) is 84.0 cm³/mol. The van der Waals surface area contributed by atoms with Gasteiger partial charge in [0.15, 0.2) is 0 Å². The lowest BCUT2D eigenvalue weighted by Gasteiger charge is -2.32. The molecule has 1 aromatic heterocycles. The molecule has 3 rings (SSSR count). The molecule has 1 aliphatic rings. The molecule has 0 radical (unpaired) electrons. The van der Waals surface area contributed by atoms with Gasteiger partial charge in [0, 0.05) is 24.7 Å². The van der Waals surface area contributed by atoms with E-state index in [4.69, 9.17) is 5.73 Å². The van der Waals surface area contributed by atoms with Crippen molar-refractivity contribution in [3.8, 4) is 0 Å². The number of aromatic nitrogens is 1. The first-order chi connectivity index (χ1) is 10.3. The van der Waals surface area contributed by atoms with Gasteiger partial charge in [0.1, 0.15) is 5.69 Å². The smallest absolute Gasteiger partial charge is 0.273 e. The van der Waals surface area contributed by atoms with Crippen LogP contribution in [0.5, 0.6) is 0 Å². The molecule has 1 amide bonds. The van der Waals surface area contributed by atoms with Gasteiger partial charge >= 0.3 is 0 Å². The number of amides is 1. The average molecular weight is 283 g/mol. The van der Waals surface area contributed by atoms with Crippen molar-refractivity contribution in [1.82, 2.24) is 9.88 Å². The molecule has 0 aliphatic carbocycles. The Bertz CT molecular complexity index is 633. The summed E-state index contributed by atoms with van der Waals surface area (Å²) in [5.41, 5.74) is 6.22. The minimum Gasteiger partial charge on any atom is -0.337 e. The second-order valence-electron chi connectivity index (χ2n) is 5.72. The summed E-state index contributed by atoms with van der Waals surface area (Å²) in [6.45, 7) is 2.32. The molecule has 110 valence electrons. The minimum absolute atomic E-state index is 0.0496. The molecule has 1 aliphatic heterocycles. The zero-order chi connectivity index (χ0) is 14.7. The minimum atomic E-state index is 0.0496. The van der Waals surface area contributed by atoms with Gasteiger partial charge in [-0.1, -0.05) is 24.3 Å². The maximum absolute atomic E-state index is 12.8. The molecule has 0 saturated carbocycles. The van der Waals surface area contributed by atoms with Crippen LogP contribution in [-0.4, -0.2) is 35.4 Å². The van der Waals surface area contributed by atoms with Crippen LogP contribution in [0.2, 0.25) is 0 Å². The van der Waals surface area contributed by atoms with Crippen LogP contribution < -0.4 is 5.73 Å². The fraction of sp³-hybridized carbons (Fsp3) is 0.412. The molecule has 1 unspecified atom stereocenters. The van der Waals surface area contributed by atoms with Crippen LogP contribution in [0.4, 0.5) is 0 Å². The van der Waals surface area contributed by atoms with E-state index in [0.29, 0.717) is 18.2 Å². The number of pyridine rings is 1. The van der Waals surface area contributed by atoms with Crippen LogP contribution in [0.25, 0.3) is 10.8 Å². The van der Waals surface area contributed by atoms with Gasteiger partial charge in [-0.15, -0.1) is 0 Å². The average Bonchev–Trinajstić information content (AvgIpc) is 2.54. The van der Waals surface area contributed by atoms with Crippen LogP contribution in [-0.2, 0) is 0 Å². The lowest BCUT2D eigenvalue weighted by Crippen LogP contribution is -2.40.